The van der Waals surface area contributed by atoms with Gasteiger partial charge >= 0.3 is 0 Å². The zero-order valence-electron chi connectivity index (χ0n) is 13.2. The Labute approximate surface area is 144 Å². The van der Waals surface area contributed by atoms with Crippen molar-refractivity contribution in [3.63, 3.8) is 0 Å². The van der Waals surface area contributed by atoms with E-state index in [0.717, 1.165) is 10.5 Å². The first-order valence-electron chi connectivity index (χ1n) is 7.59. The second kappa shape index (κ2) is 7.05. The number of hydrogen-bond acceptors (Lipinski definition) is 3. The van der Waals surface area contributed by atoms with Gasteiger partial charge in [0.15, 0.2) is 0 Å². The highest BCUT2D eigenvalue weighted by molar-refractivity contribution is 7.99. The highest BCUT2D eigenvalue weighted by atomic mass is 32.2. The van der Waals surface area contributed by atoms with Crippen molar-refractivity contribution in [1.82, 2.24) is 5.32 Å². The van der Waals surface area contributed by atoms with Gasteiger partial charge in [-0.3, -0.25) is 9.59 Å². The fourth-order valence-electron chi connectivity index (χ4n) is 2.72. The fraction of sp³-hybridized carbons (Fsp3) is 0.222. The van der Waals surface area contributed by atoms with Crippen LogP contribution >= 0.6 is 11.8 Å². The molecule has 0 bridgehead atoms. The molecule has 0 aliphatic carbocycles. The van der Waals surface area contributed by atoms with Gasteiger partial charge in [0, 0.05) is 23.4 Å². The molecular weight excluding hydrogens is 327 g/mol. The molecule has 0 spiro atoms. The number of rotatable bonds is 4. The number of nitrogens with one attached hydrogen (secondary N) is 1. The van der Waals surface area contributed by atoms with Gasteiger partial charge in [-0.05, 0) is 29.8 Å². The molecule has 6 heteroatoms. The third kappa shape index (κ3) is 3.28. The van der Waals surface area contributed by atoms with Gasteiger partial charge in [-0.25, -0.2) is 4.39 Å². The highest BCUT2D eigenvalue weighted by Gasteiger charge is 2.33. The maximum atomic E-state index is 13.6. The minimum Gasteiger partial charge on any atom is -0.358 e. The van der Waals surface area contributed by atoms with Gasteiger partial charge in [0.05, 0.1) is 5.92 Å². The van der Waals surface area contributed by atoms with Crippen LogP contribution in [-0.4, -0.2) is 31.2 Å². The third-order valence-electron chi connectivity index (χ3n) is 3.96. The van der Waals surface area contributed by atoms with Crippen LogP contribution in [-0.2, 0) is 9.59 Å². The molecule has 1 atom stereocenters. The molecule has 0 fully saturated rings. The molecule has 2 aromatic carbocycles. The maximum Gasteiger partial charge on any atom is 0.239 e. The Balaban J connectivity index is 1.94. The van der Waals surface area contributed by atoms with Crippen LogP contribution < -0.4 is 10.2 Å². The number of carbonyl (C=O) groups is 2. The van der Waals surface area contributed by atoms with Crippen molar-refractivity contribution in [2.45, 2.75) is 10.8 Å². The minimum absolute atomic E-state index is 0.137. The molecule has 2 aromatic rings. The van der Waals surface area contributed by atoms with E-state index in [0.29, 0.717) is 11.4 Å². The lowest BCUT2D eigenvalue weighted by atomic mass is 9.99. The zero-order chi connectivity index (χ0) is 17.1. The van der Waals surface area contributed by atoms with Crippen LogP contribution in [0.15, 0.2) is 53.4 Å². The lowest BCUT2D eigenvalue weighted by Gasteiger charge is -2.25. The quantitative estimate of drug-likeness (QED) is 0.928. The van der Waals surface area contributed by atoms with E-state index < -0.39 is 5.82 Å². The molecule has 0 unspecified atom stereocenters. The van der Waals surface area contributed by atoms with Gasteiger partial charge < -0.3 is 10.2 Å². The lowest BCUT2D eigenvalue weighted by Crippen LogP contribution is -2.42. The Kier molecular flexibility index (Phi) is 4.85. The summed E-state index contributed by atoms with van der Waals surface area (Å²) >= 11 is 1.62. The number of carbonyl (C=O) groups excluding carboxylic acids is 2. The van der Waals surface area contributed by atoms with Crippen LogP contribution in [0.4, 0.5) is 10.1 Å². The van der Waals surface area contributed by atoms with E-state index in [1.54, 1.807) is 17.8 Å². The van der Waals surface area contributed by atoms with Crippen molar-refractivity contribution in [3.8, 4) is 0 Å². The highest BCUT2D eigenvalue weighted by Crippen LogP contribution is 2.40. The number of nitrogens with zero attached hydrogens (tertiary/aromatic N) is 1. The molecule has 3 rings (SSSR count). The summed E-state index contributed by atoms with van der Waals surface area (Å²) in [5, 5.41) is 2.51. The van der Waals surface area contributed by atoms with Crippen molar-refractivity contribution in [3.05, 3.63) is 59.9 Å². The molecular formula is C18H17FN2O2S. The van der Waals surface area contributed by atoms with Crippen molar-refractivity contribution < 1.29 is 14.0 Å². The molecule has 0 radical (unpaired) electrons. The van der Waals surface area contributed by atoms with Crippen molar-refractivity contribution in [1.29, 1.82) is 0 Å². The number of halogens is 1. The zero-order valence-corrected chi connectivity index (χ0v) is 14.0. The summed E-state index contributed by atoms with van der Waals surface area (Å²) < 4.78 is 13.6. The summed E-state index contributed by atoms with van der Waals surface area (Å²) in [6.45, 7) is -0.137. The first-order chi connectivity index (χ1) is 11.6. The molecule has 1 N–H and O–H groups in total. The fourth-order valence-corrected chi connectivity index (χ4v) is 3.94. The van der Waals surface area contributed by atoms with Gasteiger partial charge in [-0.1, -0.05) is 24.3 Å². The van der Waals surface area contributed by atoms with Gasteiger partial charge in [0.1, 0.15) is 12.4 Å². The Morgan fingerprint density at radius 2 is 2.04 bits per heavy atom. The van der Waals surface area contributed by atoms with Crippen LogP contribution in [0.25, 0.3) is 0 Å². The second-order valence-electron chi connectivity index (χ2n) is 5.48. The number of thioether (sulfide) groups is 1. The van der Waals surface area contributed by atoms with E-state index in [4.69, 9.17) is 0 Å². The van der Waals surface area contributed by atoms with E-state index in [9.17, 15) is 14.0 Å². The average Bonchev–Trinajstić information content (AvgIpc) is 3.03. The molecule has 1 aliphatic heterocycles. The summed E-state index contributed by atoms with van der Waals surface area (Å²) in [5.74, 6) is -0.645. The van der Waals surface area contributed by atoms with E-state index in [1.165, 1.54) is 30.1 Å². The van der Waals surface area contributed by atoms with Crippen LogP contribution in [0.5, 0.6) is 0 Å². The number of fused-ring (bicyclic) bond motifs is 1. The van der Waals surface area contributed by atoms with Crippen LogP contribution in [0.2, 0.25) is 0 Å². The summed E-state index contributed by atoms with van der Waals surface area (Å²) in [7, 11) is 1.51. The van der Waals surface area contributed by atoms with Gasteiger partial charge in [-0.15, -0.1) is 11.8 Å². The largest absolute Gasteiger partial charge is 0.358 e. The monoisotopic (exact) mass is 344 g/mol. The summed E-state index contributed by atoms with van der Waals surface area (Å²) in [4.78, 5) is 27.4. The normalized spacial score (nSPS) is 15.7. The summed E-state index contributed by atoms with van der Waals surface area (Å²) in [6.07, 6.45) is 0. The molecule has 124 valence electrons. The Hall–Kier alpha value is -2.34. The first-order valence-corrected chi connectivity index (χ1v) is 8.58. The number of amides is 2. The van der Waals surface area contributed by atoms with E-state index >= 15 is 0 Å². The molecule has 1 heterocycles. The number of likely N-dealkylation sites (N-methyl/N-ethyl adjacent to an activating group) is 1. The standard InChI is InChI=1S/C18H17FN2O2S/c1-20-17(22)10-21(13-6-4-5-12(19)9-13)18(23)15-11-24-16-8-3-2-7-14(15)16/h2-9,15H,10-11H2,1H3,(H,20,22)/t15-/m0/s1. The molecule has 1 aliphatic rings. The van der Waals surface area contributed by atoms with E-state index in [1.807, 2.05) is 24.3 Å². The first kappa shape index (κ1) is 16.5. The average molecular weight is 344 g/mol. The van der Waals surface area contributed by atoms with Crippen LogP contribution in [0, 0.1) is 5.82 Å². The molecule has 0 aromatic heterocycles. The van der Waals surface area contributed by atoms with Gasteiger partial charge in [0.25, 0.3) is 0 Å². The second-order valence-corrected chi connectivity index (χ2v) is 6.54. The lowest BCUT2D eigenvalue weighted by molar-refractivity contribution is -0.124. The number of anilines is 1. The predicted octanol–water partition coefficient (Wildman–Crippen LogP) is 2.79. The SMILES string of the molecule is CNC(=O)CN(C(=O)[C@H]1CSc2ccccc21)c1cccc(F)c1. The topological polar surface area (TPSA) is 49.4 Å². The van der Waals surface area contributed by atoms with Crippen molar-refractivity contribution in [2.24, 2.45) is 0 Å². The van der Waals surface area contributed by atoms with Gasteiger partial charge in [0.2, 0.25) is 11.8 Å². The molecule has 24 heavy (non-hydrogen) atoms. The van der Waals surface area contributed by atoms with Crippen LogP contribution in [0.1, 0.15) is 11.5 Å². The Bertz CT molecular complexity index is 781. The van der Waals surface area contributed by atoms with E-state index in [2.05, 4.69) is 5.32 Å². The van der Waals surface area contributed by atoms with Crippen molar-refractivity contribution in [2.75, 3.05) is 24.2 Å². The molecule has 4 nitrogen and oxygen atoms in total. The van der Waals surface area contributed by atoms with Gasteiger partial charge in [-0.2, -0.15) is 0 Å². The molecule has 0 saturated heterocycles. The van der Waals surface area contributed by atoms with Crippen LogP contribution in [0.3, 0.4) is 0 Å². The number of benzene rings is 2. The van der Waals surface area contributed by atoms with E-state index in [-0.39, 0.29) is 24.3 Å². The summed E-state index contributed by atoms with van der Waals surface area (Å²) in [6, 6.07) is 13.5. The summed E-state index contributed by atoms with van der Waals surface area (Å²) in [5.41, 5.74) is 1.35. The molecule has 0 saturated carbocycles. The Morgan fingerprint density at radius 3 is 2.79 bits per heavy atom. The third-order valence-corrected chi connectivity index (χ3v) is 5.15. The predicted molar refractivity (Wildman–Crippen MR) is 92.7 cm³/mol. The minimum atomic E-state index is -0.441. The number of hydrogen-bond donors (Lipinski definition) is 1. The molecule has 2 amide bonds. The van der Waals surface area contributed by atoms with Crippen molar-refractivity contribution >= 4 is 29.3 Å². The smallest absolute Gasteiger partial charge is 0.239 e. The Morgan fingerprint density at radius 1 is 1.25 bits per heavy atom. The maximum absolute atomic E-state index is 13.6.